The number of aromatic amines is 1. The van der Waals surface area contributed by atoms with Crippen LogP contribution in [-0.2, 0) is 11.2 Å². The van der Waals surface area contributed by atoms with E-state index in [0.29, 0.717) is 5.39 Å². The number of nitrogens with zero attached hydrogens (tertiary/aromatic N) is 1. The van der Waals surface area contributed by atoms with Gasteiger partial charge in [-0.05, 0) is 24.6 Å². The van der Waals surface area contributed by atoms with E-state index in [0.717, 1.165) is 16.6 Å². The van der Waals surface area contributed by atoms with Gasteiger partial charge in [-0.2, -0.15) is 5.10 Å². The quantitative estimate of drug-likeness (QED) is 0.671. The van der Waals surface area contributed by atoms with Gasteiger partial charge in [0.05, 0.1) is 5.52 Å². The summed E-state index contributed by atoms with van der Waals surface area (Å²) in [4.78, 5) is 24.0. The lowest BCUT2D eigenvalue weighted by molar-refractivity contribution is -0.139. The minimum Gasteiger partial charge on any atom is -0.480 e. The van der Waals surface area contributed by atoms with E-state index >= 15 is 0 Å². The van der Waals surface area contributed by atoms with Crippen LogP contribution in [0.25, 0.3) is 10.9 Å². The van der Waals surface area contributed by atoms with E-state index in [4.69, 9.17) is 0 Å². The minimum atomic E-state index is -1.08. The Bertz CT molecular complexity index is 887. The van der Waals surface area contributed by atoms with Crippen LogP contribution in [0.4, 0.5) is 0 Å². The smallest absolute Gasteiger partial charge is 0.326 e. The SMILES string of the molecule is Cc1ccc2[nH]nc(C(=O)N[C@@H](Cc3ccccc3)C(=O)O)c2c1. The van der Waals surface area contributed by atoms with Gasteiger partial charge in [0.25, 0.3) is 5.91 Å². The van der Waals surface area contributed by atoms with Crippen molar-refractivity contribution < 1.29 is 14.7 Å². The van der Waals surface area contributed by atoms with Gasteiger partial charge in [0.15, 0.2) is 5.69 Å². The van der Waals surface area contributed by atoms with Crippen molar-refractivity contribution in [3.8, 4) is 0 Å². The molecule has 6 heteroatoms. The topological polar surface area (TPSA) is 95.1 Å². The summed E-state index contributed by atoms with van der Waals surface area (Å²) < 4.78 is 0. The number of carboxylic acids is 1. The van der Waals surface area contributed by atoms with Crippen molar-refractivity contribution in [1.82, 2.24) is 15.5 Å². The highest BCUT2D eigenvalue weighted by atomic mass is 16.4. The molecule has 3 N–H and O–H groups in total. The zero-order chi connectivity index (χ0) is 17.1. The molecule has 0 aliphatic rings. The van der Waals surface area contributed by atoms with Crippen LogP contribution in [0.2, 0.25) is 0 Å². The van der Waals surface area contributed by atoms with Crippen LogP contribution < -0.4 is 5.32 Å². The summed E-state index contributed by atoms with van der Waals surface area (Å²) in [5.41, 5.74) is 2.78. The Morgan fingerprint density at radius 1 is 1.21 bits per heavy atom. The maximum absolute atomic E-state index is 12.5. The molecule has 0 saturated heterocycles. The summed E-state index contributed by atoms with van der Waals surface area (Å²) in [5.74, 6) is -1.58. The Morgan fingerprint density at radius 3 is 2.67 bits per heavy atom. The average molecular weight is 323 g/mol. The zero-order valence-corrected chi connectivity index (χ0v) is 13.1. The first-order chi connectivity index (χ1) is 11.5. The fourth-order valence-corrected chi connectivity index (χ4v) is 2.58. The van der Waals surface area contributed by atoms with E-state index in [2.05, 4.69) is 15.5 Å². The fourth-order valence-electron chi connectivity index (χ4n) is 2.58. The number of amides is 1. The Hall–Kier alpha value is -3.15. The summed E-state index contributed by atoms with van der Waals surface area (Å²) in [7, 11) is 0. The molecule has 0 aliphatic heterocycles. The predicted octanol–water partition coefficient (Wildman–Crippen LogP) is 2.30. The summed E-state index contributed by atoms with van der Waals surface area (Å²) in [6.07, 6.45) is 0.212. The van der Waals surface area contributed by atoms with Gasteiger partial charge >= 0.3 is 5.97 Å². The molecule has 0 radical (unpaired) electrons. The third-order valence-corrected chi connectivity index (χ3v) is 3.82. The molecule has 0 saturated carbocycles. The monoisotopic (exact) mass is 323 g/mol. The number of aryl methyl sites for hydroxylation is 1. The molecule has 2 aromatic carbocycles. The van der Waals surface area contributed by atoms with Gasteiger partial charge in [0.2, 0.25) is 0 Å². The Balaban J connectivity index is 1.82. The average Bonchev–Trinajstić information content (AvgIpc) is 2.98. The summed E-state index contributed by atoms with van der Waals surface area (Å²) in [6.45, 7) is 1.92. The zero-order valence-electron chi connectivity index (χ0n) is 13.1. The predicted molar refractivity (Wildman–Crippen MR) is 89.9 cm³/mol. The van der Waals surface area contributed by atoms with Crippen LogP contribution in [0.3, 0.4) is 0 Å². The van der Waals surface area contributed by atoms with E-state index in [1.807, 2.05) is 55.5 Å². The van der Waals surface area contributed by atoms with E-state index in [9.17, 15) is 14.7 Å². The van der Waals surface area contributed by atoms with Crippen LogP contribution in [0.15, 0.2) is 48.5 Å². The number of benzene rings is 2. The molecule has 1 heterocycles. The minimum absolute atomic E-state index is 0.202. The summed E-state index contributed by atoms with van der Waals surface area (Å²) in [6, 6.07) is 13.8. The number of aliphatic carboxylic acids is 1. The molecule has 122 valence electrons. The molecule has 3 aromatic rings. The number of nitrogens with one attached hydrogen (secondary N) is 2. The highest BCUT2D eigenvalue weighted by Crippen LogP contribution is 2.17. The number of H-pyrrole nitrogens is 1. The Labute approximate surface area is 138 Å². The van der Waals surface area contributed by atoms with Crippen molar-refractivity contribution in [3.63, 3.8) is 0 Å². The molecular weight excluding hydrogens is 306 g/mol. The van der Waals surface area contributed by atoms with E-state index in [-0.39, 0.29) is 12.1 Å². The molecular formula is C18H17N3O3. The molecule has 0 unspecified atom stereocenters. The molecule has 0 aliphatic carbocycles. The van der Waals surface area contributed by atoms with Gasteiger partial charge in [-0.25, -0.2) is 4.79 Å². The largest absolute Gasteiger partial charge is 0.480 e. The molecule has 0 bridgehead atoms. The molecule has 6 nitrogen and oxygen atoms in total. The third-order valence-electron chi connectivity index (χ3n) is 3.82. The second-order valence-electron chi connectivity index (χ2n) is 5.68. The summed E-state index contributed by atoms with van der Waals surface area (Å²) in [5, 5.41) is 19.4. The highest BCUT2D eigenvalue weighted by molar-refractivity contribution is 6.05. The first-order valence-electron chi connectivity index (χ1n) is 7.57. The number of carbonyl (C=O) groups excluding carboxylic acids is 1. The van der Waals surface area contributed by atoms with Crippen molar-refractivity contribution in [3.05, 3.63) is 65.4 Å². The lowest BCUT2D eigenvalue weighted by Gasteiger charge is -2.14. The van der Waals surface area contributed by atoms with E-state index in [1.54, 1.807) is 0 Å². The van der Waals surface area contributed by atoms with Crippen molar-refractivity contribution in [1.29, 1.82) is 0 Å². The number of aromatic nitrogens is 2. The second-order valence-corrected chi connectivity index (χ2v) is 5.68. The number of fused-ring (bicyclic) bond motifs is 1. The van der Waals surface area contributed by atoms with Gasteiger partial charge in [0.1, 0.15) is 6.04 Å². The lowest BCUT2D eigenvalue weighted by Crippen LogP contribution is -2.42. The number of hydrogen-bond donors (Lipinski definition) is 3. The number of rotatable bonds is 5. The van der Waals surface area contributed by atoms with Crippen LogP contribution in [0.1, 0.15) is 21.6 Å². The lowest BCUT2D eigenvalue weighted by atomic mass is 10.1. The number of carboxylic acid groups (broad SMARTS) is 1. The van der Waals surface area contributed by atoms with Gasteiger partial charge in [-0.3, -0.25) is 9.89 Å². The van der Waals surface area contributed by atoms with Gasteiger partial charge in [0, 0.05) is 11.8 Å². The first kappa shape index (κ1) is 15.7. The maximum atomic E-state index is 12.5. The van der Waals surface area contributed by atoms with E-state index in [1.165, 1.54) is 0 Å². The van der Waals surface area contributed by atoms with Crippen molar-refractivity contribution in [2.24, 2.45) is 0 Å². The third kappa shape index (κ3) is 3.27. The second kappa shape index (κ2) is 6.54. The van der Waals surface area contributed by atoms with Crippen LogP contribution in [-0.4, -0.2) is 33.2 Å². The molecule has 0 spiro atoms. The standard InChI is InChI=1S/C18H17N3O3/c1-11-7-8-14-13(9-11)16(21-20-14)17(22)19-15(18(23)24)10-12-5-3-2-4-6-12/h2-9,15H,10H2,1H3,(H,19,22)(H,20,21)(H,23,24)/t15-/m0/s1. The van der Waals surface area contributed by atoms with Crippen molar-refractivity contribution in [2.45, 2.75) is 19.4 Å². The number of carbonyl (C=O) groups is 2. The maximum Gasteiger partial charge on any atom is 0.326 e. The Morgan fingerprint density at radius 2 is 1.96 bits per heavy atom. The molecule has 0 fully saturated rings. The number of hydrogen-bond acceptors (Lipinski definition) is 3. The fraction of sp³-hybridized carbons (Fsp3) is 0.167. The van der Waals surface area contributed by atoms with Gasteiger partial charge in [-0.1, -0.05) is 42.0 Å². The van der Waals surface area contributed by atoms with E-state index < -0.39 is 17.9 Å². The van der Waals surface area contributed by atoms with Crippen molar-refractivity contribution >= 4 is 22.8 Å². The van der Waals surface area contributed by atoms with Gasteiger partial charge < -0.3 is 10.4 Å². The normalized spacial score (nSPS) is 12.0. The molecule has 1 atom stereocenters. The van der Waals surface area contributed by atoms with Crippen molar-refractivity contribution in [2.75, 3.05) is 0 Å². The van der Waals surface area contributed by atoms with Crippen LogP contribution in [0, 0.1) is 6.92 Å². The van der Waals surface area contributed by atoms with Gasteiger partial charge in [-0.15, -0.1) is 0 Å². The molecule has 24 heavy (non-hydrogen) atoms. The van der Waals surface area contributed by atoms with Crippen LogP contribution in [0.5, 0.6) is 0 Å². The molecule has 1 aromatic heterocycles. The molecule has 3 rings (SSSR count). The summed E-state index contributed by atoms with van der Waals surface area (Å²) >= 11 is 0. The Kier molecular flexibility index (Phi) is 4.29. The van der Waals surface area contributed by atoms with Crippen LogP contribution >= 0.6 is 0 Å². The first-order valence-corrected chi connectivity index (χ1v) is 7.57. The highest BCUT2D eigenvalue weighted by Gasteiger charge is 2.23. The molecule has 1 amide bonds.